The molecule has 0 bridgehead atoms. The Bertz CT molecular complexity index is 617. The molecule has 1 amide bonds. The molecule has 0 spiro atoms. The first-order valence-corrected chi connectivity index (χ1v) is 9.39. The average Bonchev–Trinajstić information content (AvgIpc) is 2.81. The van der Waals surface area contributed by atoms with E-state index in [2.05, 4.69) is 17.6 Å². The Morgan fingerprint density at radius 1 is 1.33 bits per heavy atom. The topological polar surface area (TPSA) is 67.4 Å². The molecule has 0 aliphatic heterocycles. The zero-order valence-electron chi connectivity index (χ0n) is 15.2. The highest BCUT2D eigenvalue weighted by atomic mass is 32.1. The Labute approximate surface area is 148 Å². The van der Waals surface area contributed by atoms with Gasteiger partial charge in [0.2, 0.25) is 5.91 Å². The third-order valence-electron chi connectivity index (χ3n) is 4.02. The number of amides is 1. The van der Waals surface area contributed by atoms with Gasteiger partial charge in [0.1, 0.15) is 5.00 Å². The molecule has 1 heterocycles. The van der Waals surface area contributed by atoms with Gasteiger partial charge in [-0.1, -0.05) is 6.92 Å². The average molecular weight is 353 g/mol. The van der Waals surface area contributed by atoms with Crippen LogP contribution in [0.2, 0.25) is 0 Å². The van der Waals surface area contributed by atoms with Gasteiger partial charge in [-0.2, -0.15) is 0 Å². The molecular weight excluding hydrogens is 324 g/mol. The van der Waals surface area contributed by atoms with Gasteiger partial charge in [0.25, 0.3) is 0 Å². The summed E-state index contributed by atoms with van der Waals surface area (Å²) in [4.78, 5) is 25.9. The Balaban J connectivity index is 2.22. The molecule has 0 fully saturated rings. The van der Waals surface area contributed by atoms with Gasteiger partial charge in [0.05, 0.1) is 18.7 Å². The second kappa shape index (κ2) is 7.66. The van der Waals surface area contributed by atoms with Gasteiger partial charge in [-0.05, 0) is 58.4 Å². The number of carbonyl (C=O) groups excluding carboxylic acids is 2. The highest BCUT2D eigenvalue weighted by molar-refractivity contribution is 7.17. The quantitative estimate of drug-likeness (QED) is 0.797. The van der Waals surface area contributed by atoms with Gasteiger partial charge in [-0.3, -0.25) is 4.79 Å². The third kappa shape index (κ3) is 4.80. The molecule has 0 aromatic carbocycles. The Morgan fingerprint density at radius 2 is 2.04 bits per heavy atom. The van der Waals surface area contributed by atoms with E-state index in [1.807, 2.05) is 20.8 Å². The maximum absolute atomic E-state index is 12.4. The first-order valence-electron chi connectivity index (χ1n) is 8.57. The smallest absolute Gasteiger partial charge is 0.341 e. The molecule has 0 radical (unpaired) electrons. The molecular formula is C18H28N2O3S. The number of anilines is 1. The van der Waals surface area contributed by atoms with Crippen LogP contribution in [0.5, 0.6) is 0 Å². The van der Waals surface area contributed by atoms with Crippen LogP contribution in [-0.2, 0) is 22.4 Å². The van der Waals surface area contributed by atoms with Gasteiger partial charge < -0.3 is 15.4 Å². The van der Waals surface area contributed by atoms with Crippen molar-refractivity contribution in [2.45, 2.75) is 59.4 Å². The van der Waals surface area contributed by atoms with E-state index in [1.54, 1.807) is 6.92 Å². The first-order chi connectivity index (χ1) is 11.2. The molecule has 1 aliphatic carbocycles. The lowest BCUT2D eigenvalue weighted by Gasteiger charge is -2.20. The summed E-state index contributed by atoms with van der Waals surface area (Å²) in [5.41, 5.74) is 1.49. The highest BCUT2D eigenvalue weighted by Gasteiger charge is 2.29. The van der Waals surface area contributed by atoms with Crippen LogP contribution >= 0.6 is 11.3 Å². The minimum absolute atomic E-state index is 0.134. The maximum Gasteiger partial charge on any atom is 0.341 e. The van der Waals surface area contributed by atoms with Crippen LogP contribution in [0.15, 0.2) is 0 Å². The van der Waals surface area contributed by atoms with E-state index in [9.17, 15) is 9.59 Å². The SMILES string of the molecule is CCOC(=O)c1c(NC(=O)CNC(C)(C)C)sc2c1CCC(C)C2. The van der Waals surface area contributed by atoms with Crippen molar-refractivity contribution in [3.05, 3.63) is 16.0 Å². The van der Waals surface area contributed by atoms with Gasteiger partial charge >= 0.3 is 5.97 Å². The first kappa shape index (κ1) is 18.9. The number of nitrogens with one attached hydrogen (secondary N) is 2. The minimum atomic E-state index is -0.330. The molecule has 2 N–H and O–H groups in total. The zero-order valence-corrected chi connectivity index (χ0v) is 16.1. The minimum Gasteiger partial charge on any atom is -0.462 e. The number of hydrogen-bond acceptors (Lipinski definition) is 5. The highest BCUT2D eigenvalue weighted by Crippen LogP contribution is 2.40. The van der Waals surface area contributed by atoms with Crippen LogP contribution in [-0.4, -0.2) is 30.6 Å². The Hall–Kier alpha value is -1.40. The summed E-state index contributed by atoms with van der Waals surface area (Å²) < 4.78 is 5.22. The van der Waals surface area contributed by atoms with Crippen molar-refractivity contribution in [2.75, 3.05) is 18.5 Å². The van der Waals surface area contributed by atoms with Gasteiger partial charge in [-0.25, -0.2) is 4.79 Å². The normalized spacial score (nSPS) is 17.3. The molecule has 1 aromatic rings. The van der Waals surface area contributed by atoms with Crippen LogP contribution in [0.1, 0.15) is 61.8 Å². The second-order valence-electron chi connectivity index (χ2n) is 7.43. The fourth-order valence-corrected chi connectivity index (χ4v) is 4.19. The molecule has 2 rings (SSSR count). The largest absolute Gasteiger partial charge is 0.462 e. The molecule has 1 atom stereocenters. The number of hydrogen-bond donors (Lipinski definition) is 2. The third-order valence-corrected chi connectivity index (χ3v) is 5.19. The van der Waals surface area contributed by atoms with E-state index in [1.165, 1.54) is 16.2 Å². The predicted octanol–water partition coefficient (Wildman–Crippen LogP) is 3.38. The standard InChI is InChI=1S/C18H28N2O3S/c1-6-23-17(22)15-12-8-7-11(2)9-13(12)24-16(15)20-14(21)10-19-18(3,4)5/h11,19H,6-10H2,1-5H3,(H,20,21). The molecule has 1 aliphatic rings. The van der Waals surface area contributed by atoms with Crippen molar-refractivity contribution < 1.29 is 14.3 Å². The molecule has 6 heteroatoms. The monoisotopic (exact) mass is 352 g/mol. The summed E-state index contributed by atoms with van der Waals surface area (Å²) in [5, 5.41) is 6.70. The summed E-state index contributed by atoms with van der Waals surface area (Å²) in [7, 11) is 0. The number of thiophene rings is 1. The van der Waals surface area contributed by atoms with E-state index < -0.39 is 0 Å². The van der Waals surface area contributed by atoms with Gasteiger partial charge in [0.15, 0.2) is 0 Å². The molecule has 0 saturated carbocycles. The van der Waals surface area contributed by atoms with Crippen molar-refractivity contribution >= 4 is 28.2 Å². The lowest BCUT2D eigenvalue weighted by atomic mass is 9.88. The van der Waals surface area contributed by atoms with Crippen LogP contribution in [0, 0.1) is 5.92 Å². The molecule has 1 aromatic heterocycles. The fourth-order valence-electron chi connectivity index (χ4n) is 2.77. The number of rotatable bonds is 5. The number of esters is 1. The van der Waals surface area contributed by atoms with Crippen LogP contribution in [0.25, 0.3) is 0 Å². The number of carbonyl (C=O) groups is 2. The molecule has 1 unspecified atom stereocenters. The van der Waals surface area contributed by atoms with Gasteiger partial charge in [-0.15, -0.1) is 11.3 Å². The van der Waals surface area contributed by atoms with Crippen molar-refractivity contribution in [1.29, 1.82) is 0 Å². The van der Waals surface area contributed by atoms with Crippen molar-refractivity contribution in [2.24, 2.45) is 5.92 Å². The summed E-state index contributed by atoms with van der Waals surface area (Å²) in [6, 6.07) is 0. The van der Waals surface area contributed by atoms with Crippen LogP contribution in [0.3, 0.4) is 0 Å². The van der Waals surface area contributed by atoms with Crippen LogP contribution < -0.4 is 10.6 Å². The summed E-state index contributed by atoms with van der Waals surface area (Å²) in [6.07, 6.45) is 2.90. The fraction of sp³-hybridized carbons (Fsp3) is 0.667. The molecule has 134 valence electrons. The lowest BCUT2D eigenvalue weighted by Crippen LogP contribution is -2.41. The summed E-state index contributed by atoms with van der Waals surface area (Å²) in [6.45, 7) is 10.6. The predicted molar refractivity (Wildman–Crippen MR) is 97.8 cm³/mol. The molecule has 24 heavy (non-hydrogen) atoms. The zero-order chi connectivity index (χ0) is 17.9. The van der Waals surface area contributed by atoms with Gasteiger partial charge in [0, 0.05) is 10.4 Å². The Morgan fingerprint density at radius 3 is 2.67 bits per heavy atom. The Kier molecular flexibility index (Phi) is 6.04. The number of ether oxygens (including phenoxy) is 1. The van der Waals surface area contributed by atoms with E-state index in [4.69, 9.17) is 4.74 Å². The van der Waals surface area contributed by atoms with E-state index >= 15 is 0 Å². The molecule has 5 nitrogen and oxygen atoms in total. The summed E-state index contributed by atoms with van der Waals surface area (Å²) in [5.74, 6) is 0.142. The van der Waals surface area contributed by atoms with E-state index in [0.717, 1.165) is 24.8 Å². The second-order valence-corrected chi connectivity index (χ2v) is 8.53. The maximum atomic E-state index is 12.4. The van der Waals surface area contributed by atoms with E-state index in [-0.39, 0.29) is 24.0 Å². The van der Waals surface area contributed by atoms with Crippen LogP contribution in [0.4, 0.5) is 5.00 Å². The molecule has 0 saturated heterocycles. The summed E-state index contributed by atoms with van der Waals surface area (Å²) >= 11 is 1.52. The van der Waals surface area contributed by atoms with E-state index in [0.29, 0.717) is 23.1 Å². The number of fused-ring (bicyclic) bond motifs is 1. The van der Waals surface area contributed by atoms with Crippen molar-refractivity contribution in [3.63, 3.8) is 0 Å². The lowest BCUT2D eigenvalue weighted by molar-refractivity contribution is -0.115. The van der Waals surface area contributed by atoms with Crippen molar-refractivity contribution in [1.82, 2.24) is 5.32 Å². The van der Waals surface area contributed by atoms with Crippen molar-refractivity contribution in [3.8, 4) is 0 Å².